The monoisotopic (exact) mass is 291 g/mol. The van der Waals surface area contributed by atoms with Crippen molar-refractivity contribution in [1.29, 1.82) is 0 Å². The quantitative estimate of drug-likeness (QED) is 0.911. The van der Waals surface area contributed by atoms with Crippen LogP contribution in [-0.4, -0.2) is 7.11 Å². The van der Waals surface area contributed by atoms with Gasteiger partial charge in [-0.3, -0.25) is 0 Å². The van der Waals surface area contributed by atoms with Crippen LogP contribution in [0.3, 0.4) is 0 Å². The van der Waals surface area contributed by atoms with Crippen LogP contribution in [-0.2, 0) is 0 Å². The summed E-state index contributed by atoms with van der Waals surface area (Å²) >= 11 is 1.54. The van der Waals surface area contributed by atoms with Crippen molar-refractivity contribution in [3.05, 3.63) is 53.3 Å². The molecule has 0 spiro atoms. The van der Waals surface area contributed by atoms with Crippen molar-refractivity contribution in [3.63, 3.8) is 0 Å². The topological polar surface area (TPSA) is 35.2 Å². The Bertz CT molecular complexity index is 613. The molecule has 2 nitrogen and oxygen atoms in total. The van der Waals surface area contributed by atoms with E-state index >= 15 is 0 Å². The predicted octanol–water partition coefficient (Wildman–Crippen LogP) is 4.31. The van der Waals surface area contributed by atoms with E-state index < -0.39 is 0 Å². The summed E-state index contributed by atoms with van der Waals surface area (Å²) in [5.41, 5.74) is 7.37. The highest BCUT2D eigenvalue weighted by molar-refractivity contribution is 7.99. The van der Waals surface area contributed by atoms with Gasteiger partial charge in [0.25, 0.3) is 0 Å². The van der Waals surface area contributed by atoms with Crippen LogP contribution < -0.4 is 10.5 Å². The molecule has 0 aliphatic carbocycles. The van der Waals surface area contributed by atoms with E-state index in [0.29, 0.717) is 5.56 Å². The van der Waals surface area contributed by atoms with Gasteiger partial charge in [-0.25, -0.2) is 4.39 Å². The van der Waals surface area contributed by atoms with Gasteiger partial charge < -0.3 is 10.5 Å². The molecule has 0 bridgehead atoms. The maximum absolute atomic E-state index is 13.7. The van der Waals surface area contributed by atoms with Crippen LogP contribution in [0.5, 0.6) is 5.75 Å². The van der Waals surface area contributed by atoms with Crippen LogP contribution in [0.15, 0.2) is 46.2 Å². The summed E-state index contributed by atoms with van der Waals surface area (Å²) in [5, 5.41) is 0. The van der Waals surface area contributed by atoms with E-state index in [1.165, 1.54) is 6.07 Å². The van der Waals surface area contributed by atoms with E-state index in [-0.39, 0.29) is 11.9 Å². The largest absolute Gasteiger partial charge is 0.496 e. The van der Waals surface area contributed by atoms with Gasteiger partial charge in [-0.2, -0.15) is 0 Å². The Labute approximate surface area is 123 Å². The molecule has 0 aromatic heterocycles. The Morgan fingerprint density at radius 3 is 2.55 bits per heavy atom. The van der Waals surface area contributed by atoms with Gasteiger partial charge in [0, 0.05) is 10.9 Å². The fourth-order valence-corrected chi connectivity index (χ4v) is 3.17. The maximum Gasteiger partial charge on any atom is 0.132 e. The van der Waals surface area contributed by atoms with Crippen LogP contribution in [0.25, 0.3) is 0 Å². The van der Waals surface area contributed by atoms with Crippen molar-refractivity contribution in [1.82, 2.24) is 0 Å². The molecule has 2 rings (SSSR count). The third-order valence-electron chi connectivity index (χ3n) is 3.07. The van der Waals surface area contributed by atoms with Crippen LogP contribution in [0.2, 0.25) is 0 Å². The predicted molar refractivity (Wildman–Crippen MR) is 80.9 cm³/mol. The number of methoxy groups -OCH3 is 1. The molecular formula is C16H18FNOS. The molecule has 20 heavy (non-hydrogen) atoms. The van der Waals surface area contributed by atoms with Crippen LogP contribution in [0, 0.1) is 12.7 Å². The lowest BCUT2D eigenvalue weighted by molar-refractivity contribution is 0.405. The first-order valence-electron chi connectivity index (χ1n) is 6.39. The number of hydrogen-bond donors (Lipinski definition) is 1. The second-order valence-electron chi connectivity index (χ2n) is 4.68. The molecule has 0 aliphatic rings. The first-order valence-corrected chi connectivity index (χ1v) is 7.21. The third kappa shape index (κ3) is 3.14. The number of para-hydroxylation sites is 1. The Hall–Kier alpha value is -1.52. The van der Waals surface area contributed by atoms with Crippen molar-refractivity contribution in [3.8, 4) is 5.75 Å². The number of aryl methyl sites for hydroxylation is 1. The van der Waals surface area contributed by atoms with Gasteiger partial charge in [0.2, 0.25) is 0 Å². The summed E-state index contributed by atoms with van der Waals surface area (Å²) < 4.78 is 19.1. The molecule has 106 valence electrons. The summed E-state index contributed by atoms with van der Waals surface area (Å²) in [6.07, 6.45) is 0. The highest BCUT2D eigenvalue weighted by Crippen LogP contribution is 2.38. The normalized spacial score (nSPS) is 12.2. The fraction of sp³-hybridized carbons (Fsp3) is 0.250. The zero-order valence-electron chi connectivity index (χ0n) is 11.8. The Balaban J connectivity index is 2.45. The molecule has 1 atom stereocenters. The molecule has 2 N–H and O–H groups in total. The number of benzene rings is 2. The average Bonchev–Trinajstić information content (AvgIpc) is 2.43. The molecule has 0 heterocycles. The summed E-state index contributed by atoms with van der Waals surface area (Å²) in [4.78, 5) is 1.95. The van der Waals surface area contributed by atoms with Crippen molar-refractivity contribution >= 4 is 11.8 Å². The minimum absolute atomic E-state index is 0.220. The van der Waals surface area contributed by atoms with Gasteiger partial charge in [-0.15, -0.1) is 0 Å². The first-order chi connectivity index (χ1) is 9.52. The fourth-order valence-electron chi connectivity index (χ4n) is 1.94. The number of nitrogens with two attached hydrogens (primary N) is 1. The van der Waals surface area contributed by atoms with Crippen molar-refractivity contribution in [2.75, 3.05) is 7.11 Å². The molecule has 0 aliphatic heterocycles. The second kappa shape index (κ2) is 6.29. The highest BCUT2D eigenvalue weighted by Gasteiger charge is 2.13. The van der Waals surface area contributed by atoms with E-state index in [4.69, 9.17) is 10.5 Å². The molecule has 0 saturated heterocycles. The summed E-state index contributed by atoms with van der Waals surface area (Å²) in [7, 11) is 1.64. The molecule has 0 fully saturated rings. The zero-order chi connectivity index (χ0) is 14.7. The Morgan fingerprint density at radius 2 is 1.90 bits per heavy atom. The standard InChI is InChI=1S/C16H18FNOS/c1-10-8-16(12(11(2)18)9-13(10)17)20-15-7-5-4-6-14(15)19-3/h4-9,11H,18H2,1-3H3. The molecule has 2 aromatic carbocycles. The maximum atomic E-state index is 13.7. The second-order valence-corrected chi connectivity index (χ2v) is 5.76. The Kier molecular flexibility index (Phi) is 4.68. The van der Waals surface area contributed by atoms with Gasteiger partial charge in [0.05, 0.1) is 12.0 Å². The molecule has 0 saturated carbocycles. The first kappa shape index (κ1) is 14.9. The van der Waals surface area contributed by atoms with Gasteiger partial charge in [0.1, 0.15) is 11.6 Å². The van der Waals surface area contributed by atoms with Crippen molar-refractivity contribution in [2.45, 2.75) is 29.7 Å². The minimum atomic E-state index is -0.221. The summed E-state index contributed by atoms with van der Waals surface area (Å²) in [6, 6.07) is 10.9. The number of hydrogen-bond acceptors (Lipinski definition) is 3. The molecular weight excluding hydrogens is 273 g/mol. The highest BCUT2D eigenvalue weighted by atomic mass is 32.2. The average molecular weight is 291 g/mol. The third-order valence-corrected chi connectivity index (χ3v) is 4.20. The number of ether oxygens (including phenoxy) is 1. The summed E-state index contributed by atoms with van der Waals surface area (Å²) in [5.74, 6) is 0.580. The molecule has 1 unspecified atom stereocenters. The van der Waals surface area contributed by atoms with Crippen molar-refractivity contribution < 1.29 is 9.13 Å². The van der Waals surface area contributed by atoms with Crippen LogP contribution in [0.1, 0.15) is 24.1 Å². The van der Waals surface area contributed by atoms with Crippen LogP contribution >= 0.6 is 11.8 Å². The van der Waals surface area contributed by atoms with Gasteiger partial charge >= 0.3 is 0 Å². The van der Waals surface area contributed by atoms with E-state index in [2.05, 4.69) is 0 Å². The van der Waals surface area contributed by atoms with Gasteiger partial charge in [-0.05, 0) is 49.2 Å². The van der Waals surface area contributed by atoms with Crippen LogP contribution in [0.4, 0.5) is 4.39 Å². The molecule has 0 radical (unpaired) electrons. The van der Waals surface area contributed by atoms with Crippen molar-refractivity contribution in [2.24, 2.45) is 5.73 Å². The van der Waals surface area contributed by atoms with Gasteiger partial charge in [0.15, 0.2) is 0 Å². The molecule has 4 heteroatoms. The lowest BCUT2D eigenvalue weighted by atomic mass is 10.1. The SMILES string of the molecule is COc1ccccc1Sc1cc(C)c(F)cc1C(C)N. The van der Waals surface area contributed by atoms with E-state index in [1.807, 2.05) is 37.3 Å². The lowest BCUT2D eigenvalue weighted by Crippen LogP contribution is -2.07. The van der Waals surface area contributed by atoms with Gasteiger partial charge in [-0.1, -0.05) is 23.9 Å². The minimum Gasteiger partial charge on any atom is -0.496 e. The smallest absolute Gasteiger partial charge is 0.132 e. The zero-order valence-corrected chi connectivity index (χ0v) is 12.6. The van der Waals surface area contributed by atoms with E-state index in [1.54, 1.807) is 25.8 Å². The number of halogens is 1. The Morgan fingerprint density at radius 1 is 1.20 bits per heavy atom. The summed E-state index contributed by atoms with van der Waals surface area (Å²) in [6.45, 7) is 3.61. The molecule has 0 amide bonds. The van der Waals surface area contributed by atoms with E-state index in [0.717, 1.165) is 21.1 Å². The van der Waals surface area contributed by atoms with E-state index in [9.17, 15) is 4.39 Å². The molecule has 2 aromatic rings. The number of rotatable bonds is 4. The lowest BCUT2D eigenvalue weighted by Gasteiger charge is -2.15.